The number of hydrogen-bond donors (Lipinski definition) is 3. The summed E-state index contributed by atoms with van der Waals surface area (Å²) in [5, 5.41) is 14.4. The van der Waals surface area contributed by atoms with Gasteiger partial charge in [-0.25, -0.2) is 0 Å². The minimum absolute atomic E-state index is 0.517. The second kappa shape index (κ2) is 8.18. The van der Waals surface area contributed by atoms with Crippen LogP contribution in [0.1, 0.15) is 11.1 Å². The molecule has 0 unspecified atom stereocenters. The van der Waals surface area contributed by atoms with Crippen LogP contribution in [0, 0.1) is 5.41 Å². The molecule has 1 fully saturated rings. The largest absolute Gasteiger partial charge is 0.496 e. The molecule has 1 aromatic rings. The van der Waals surface area contributed by atoms with Gasteiger partial charge in [-0.1, -0.05) is 12.1 Å². The van der Waals surface area contributed by atoms with Gasteiger partial charge in [0.2, 0.25) is 0 Å². The van der Waals surface area contributed by atoms with Gasteiger partial charge in [-0.05, 0) is 17.7 Å². The van der Waals surface area contributed by atoms with Crippen LogP contribution in [0.2, 0.25) is 0 Å². The van der Waals surface area contributed by atoms with Gasteiger partial charge in [0.1, 0.15) is 5.75 Å². The van der Waals surface area contributed by atoms with Gasteiger partial charge in [0.25, 0.3) is 0 Å². The fraction of sp³-hybridized carbons (Fsp3) is 0.421. The summed E-state index contributed by atoms with van der Waals surface area (Å²) in [4.78, 5) is 4.52. The maximum Gasteiger partial charge on any atom is 0.124 e. The van der Waals surface area contributed by atoms with E-state index >= 15 is 0 Å². The van der Waals surface area contributed by atoms with Crippen LogP contribution in [0.25, 0.3) is 0 Å². The summed E-state index contributed by atoms with van der Waals surface area (Å²) >= 11 is 0. The Kier molecular flexibility index (Phi) is 5.73. The van der Waals surface area contributed by atoms with Gasteiger partial charge < -0.3 is 20.3 Å². The number of benzene rings is 1. The fourth-order valence-corrected chi connectivity index (χ4v) is 3.25. The molecule has 3 N–H and O–H groups in total. The zero-order valence-electron chi connectivity index (χ0n) is 15.0. The molecule has 6 heteroatoms. The number of ether oxygens (including phenoxy) is 1. The number of nitrogens with one attached hydrogen (secondary N) is 3. The number of hydrogen-bond acceptors (Lipinski definition) is 6. The Morgan fingerprint density at radius 3 is 2.80 bits per heavy atom. The Bertz CT molecular complexity index is 676. The van der Waals surface area contributed by atoms with Crippen LogP contribution in [0.4, 0.5) is 0 Å². The lowest BCUT2D eigenvalue weighted by atomic mass is 10.1. The molecule has 0 amide bonds. The van der Waals surface area contributed by atoms with E-state index in [0.717, 1.165) is 49.7 Å². The molecule has 6 nitrogen and oxygen atoms in total. The van der Waals surface area contributed by atoms with Gasteiger partial charge in [0, 0.05) is 57.7 Å². The van der Waals surface area contributed by atoms with Gasteiger partial charge in [-0.2, -0.15) is 0 Å². The number of piperazine rings is 1. The first-order valence-electron chi connectivity index (χ1n) is 8.71. The maximum absolute atomic E-state index is 8.00. The summed E-state index contributed by atoms with van der Waals surface area (Å²) in [7, 11) is 3.57. The molecule has 0 aromatic heterocycles. The first-order valence-corrected chi connectivity index (χ1v) is 8.71. The van der Waals surface area contributed by atoms with E-state index in [4.69, 9.17) is 10.1 Å². The summed E-state index contributed by atoms with van der Waals surface area (Å²) in [6, 6.07) is 6.47. The van der Waals surface area contributed by atoms with Gasteiger partial charge in [0.15, 0.2) is 0 Å². The molecule has 1 saturated heterocycles. The average molecular weight is 341 g/mol. The predicted molar refractivity (Wildman–Crippen MR) is 101 cm³/mol. The summed E-state index contributed by atoms with van der Waals surface area (Å²) in [5.74, 6) is 0.906. The number of methoxy groups -OCH3 is 1. The van der Waals surface area contributed by atoms with Crippen LogP contribution in [-0.4, -0.2) is 55.8 Å². The van der Waals surface area contributed by atoms with E-state index in [9.17, 15) is 0 Å². The third-order valence-electron chi connectivity index (χ3n) is 4.60. The molecule has 1 aromatic carbocycles. The monoisotopic (exact) mass is 341 g/mol. The zero-order chi connectivity index (χ0) is 17.6. The van der Waals surface area contributed by atoms with Crippen LogP contribution in [0.15, 0.2) is 42.4 Å². The van der Waals surface area contributed by atoms with Crippen molar-refractivity contribution in [3.63, 3.8) is 0 Å². The lowest BCUT2D eigenvalue weighted by Gasteiger charge is -2.27. The SMILES string of the molecule is CN/C=C1/C(=N)C=CN1Cc1ccc(CN2CCNCC2)cc1OC. The second-order valence-corrected chi connectivity index (χ2v) is 6.35. The van der Waals surface area contributed by atoms with E-state index in [0.29, 0.717) is 12.3 Å². The van der Waals surface area contributed by atoms with Crippen molar-refractivity contribution in [1.29, 1.82) is 5.41 Å². The van der Waals surface area contributed by atoms with Gasteiger partial charge in [-0.15, -0.1) is 0 Å². The third kappa shape index (κ3) is 4.21. The highest BCUT2D eigenvalue weighted by Gasteiger charge is 2.19. The number of allylic oxidation sites excluding steroid dienone is 1. The fourth-order valence-electron chi connectivity index (χ4n) is 3.25. The molecule has 0 bridgehead atoms. The number of nitrogens with zero attached hydrogens (tertiary/aromatic N) is 2. The summed E-state index contributed by atoms with van der Waals surface area (Å²) < 4.78 is 5.64. The lowest BCUT2D eigenvalue weighted by molar-refractivity contribution is 0.233. The van der Waals surface area contributed by atoms with Crippen molar-refractivity contribution in [2.45, 2.75) is 13.1 Å². The Balaban J connectivity index is 1.72. The highest BCUT2D eigenvalue weighted by atomic mass is 16.5. The topological polar surface area (TPSA) is 63.6 Å². The van der Waals surface area contributed by atoms with Gasteiger partial charge in [-0.3, -0.25) is 10.3 Å². The summed E-state index contributed by atoms with van der Waals surface area (Å²) in [5.41, 5.74) is 3.78. The average Bonchev–Trinajstić information content (AvgIpc) is 2.97. The van der Waals surface area contributed by atoms with Crippen molar-refractivity contribution in [3.05, 3.63) is 53.5 Å². The molecule has 0 spiro atoms. The smallest absolute Gasteiger partial charge is 0.124 e. The first-order chi connectivity index (χ1) is 12.2. The van der Waals surface area contributed by atoms with Crippen molar-refractivity contribution in [1.82, 2.24) is 20.4 Å². The zero-order valence-corrected chi connectivity index (χ0v) is 15.0. The van der Waals surface area contributed by atoms with Crippen LogP contribution < -0.4 is 15.4 Å². The van der Waals surface area contributed by atoms with Crippen molar-refractivity contribution in [3.8, 4) is 5.75 Å². The molecule has 0 saturated carbocycles. The van der Waals surface area contributed by atoms with Crippen molar-refractivity contribution in [2.24, 2.45) is 0 Å². The predicted octanol–water partition coefficient (Wildman–Crippen LogP) is 1.51. The first kappa shape index (κ1) is 17.5. The van der Waals surface area contributed by atoms with Crippen LogP contribution in [0.3, 0.4) is 0 Å². The lowest BCUT2D eigenvalue weighted by Crippen LogP contribution is -2.42. The molecule has 134 valence electrons. The highest BCUT2D eigenvalue weighted by Crippen LogP contribution is 2.26. The highest BCUT2D eigenvalue weighted by molar-refractivity contribution is 6.07. The minimum Gasteiger partial charge on any atom is -0.496 e. The van der Waals surface area contributed by atoms with E-state index in [1.807, 2.05) is 25.5 Å². The van der Waals surface area contributed by atoms with Gasteiger partial charge >= 0.3 is 0 Å². The molecular formula is C19H27N5O. The van der Waals surface area contributed by atoms with Crippen LogP contribution >= 0.6 is 0 Å². The Hall–Kier alpha value is -2.31. The van der Waals surface area contributed by atoms with Crippen molar-refractivity contribution in [2.75, 3.05) is 40.3 Å². The standard InChI is InChI=1S/C19H27N5O/c1-21-12-18-17(20)5-8-24(18)14-16-4-3-15(11-19(16)25-2)13-23-9-6-22-7-10-23/h3-5,8,11-12,20-22H,6-7,9-10,13-14H2,1-2H3/b18-12-,20-17?. The van der Waals surface area contributed by atoms with Crippen molar-refractivity contribution < 1.29 is 4.74 Å². The Morgan fingerprint density at radius 2 is 2.08 bits per heavy atom. The second-order valence-electron chi connectivity index (χ2n) is 6.35. The molecule has 0 atom stereocenters. The normalized spacial score (nSPS) is 19.7. The van der Waals surface area contributed by atoms with Crippen LogP contribution in [0.5, 0.6) is 5.75 Å². The Labute approximate surface area is 149 Å². The molecule has 0 aliphatic carbocycles. The van der Waals surface area contributed by atoms with Gasteiger partial charge in [0.05, 0.1) is 25.1 Å². The summed E-state index contributed by atoms with van der Waals surface area (Å²) in [6.07, 6.45) is 5.61. The van der Waals surface area contributed by atoms with Crippen molar-refractivity contribution >= 4 is 5.71 Å². The molecule has 25 heavy (non-hydrogen) atoms. The quantitative estimate of drug-likeness (QED) is 0.732. The van der Waals surface area contributed by atoms with E-state index in [1.165, 1.54) is 5.56 Å². The third-order valence-corrected chi connectivity index (χ3v) is 4.60. The maximum atomic E-state index is 8.00. The Morgan fingerprint density at radius 1 is 1.28 bits per heavy atom. The molecule has 0 radical (unpaired) electrons. The summed E-state index contributed by atoms with van der Waals surface area (Å²) in [6.45, 7) is 5.93. The molecule has 2 heterocycles. The molecule has 3 rings (SSSR count). The van der Waals surface area contributed by atoms with Crippen LogP contribution in [-0.2, 0) is 13.1 Å². The van der Waals surface area contributed by atoms with E-state index in [-0.39, 0.29) is 0 Å². The van der Waals surface area contributed by atoms with E-state index < -0.39 is 0 Å². The molecule has 2 aliphatic heterocycles. The van der Waals surface area contributed by atoms with E-state index in [2.05, 4.69) is 38.6 Å². The molecular weight excluding hydrogens is 314 g/mol. The molecule has 2 aliphatic rings. The minimum atomic E-state index is 0.517. The van der Waals surface area contributed by atoms with E-state index in [1.54, 1.807) is 7.11 Å². The number of rotatable bonds is 6.